The first-order chi connectivity index (χ1) is 7.29. The van der Waals surface area contributed by atoms with Crippen molar-refractivity contribution in [3.05, 3.63) is 17.7 Å². The average molecular weight is 300 g/mol. The van der Waals surface area contributed by atoms with Gasteiger partial charge in [-0.3, -0.25) is 4.21 Å². The van der Waals surface area contributed by atoms with Crippen molar-refractivity contribution in [1.82, 2.24) is 15.3 Å². The zero-order valence-corrected chi connectivity index (χ0v) is 12.2. The predicted molar refractivity (Wildman–Crippen MR) is 75.7 cm³/mol. The number of imidazole rings is 1. The fourth-order valence-corrected chi connectivity index (χ4v) is 3.23. The van der Waals surface area contributed by atoms with Gasteiger partial charge in [0, 0.05) is 46.7 Å². The van der Waals surface area contributed by atoms with Crippen molar-refractivity contribution in [3.8, 4) is 0 Å². The first-order valence-corrected chi connectivity index (χ1v) is 6.81. The number of H-pyrrole nitrogens is 1. The van der Waals surface area contributed by atoms with Gasteiger partial charge in [0.25, 0.3) is 0 Å². The molecular formula is C10H19Cl2N3OS. The molecule has 2 heterocycles. The Bertz CT molecular complexity index is 349. The second-order valence-electron chi connectivity index (χ2n) is 3.95. The molecule has 0 saturated carbocycles. The smallest absolute Gasteiger partial charge is 0.109 e. The minimum absolute atomic E-state index is 0. The largest absolute Gasteiger partial charge is 0.345 e. The van der Waals surface area contributed by atoms with Gasteiger partial charge in [-0.15, -0.1) is 24.8 Å². The Kier molecular flexibility index (Phi) is 8.03. The van der Waals surface area contributed by atoms with Gasteiger partial charge in [0.15, 0.2) is 0 Å². The molecule has 7 heteroatoms. The molecule has 0 aliphatic carbocycles. The van der Waals surface area contributed by atoms with E-state index in [4.69, 9.17) is 0 Å². The molecule has 1 fully saturated rings. The maximum Gasteiger partial charge on any atom is 0.109 e. The van der Waals surface area contributed by atoms with Crippen LogP contribution >= 0.6 is 24.8 Å². The lowest BCUT2D eigenvalue weighted by molar-refractivity contribution is 0.581. The topological polar surface area (TPSA) is 57.8 Å². The summed E-state index contributed by atoms with van der Waals surface area (Å²) >= 11 is 0. The normalized spacial score (nSPS) is 23.6. The standard InChI is InChI=1S/C10H17N3OS.2ClH/c1-11-6-9-7-12-10(13-9)8-2-4-15(14)5-3-8;;/h7-8,11H,2-6H2,1H3,(H,12,13);2*1H. The number of hydrogen-bond acceptors (Lipinski definition) is 3. The van der Waals surface area contributed by atoms with Crippen LogP contribution in [-0.4, -0.2) is 32.7 Å². The van der Waals surface area contributed by atoms with Crippen LogP contribution in [0.2, 0.25) is 0 Å². The van der Waals surface area contributed by atoms with E-state index in [9.17, 15) is 4.21 Å². The van der Waals surface area contributed by atoms with Crippen molar-refractivity contribution in [2.24, 2.45) is 0 Å². The van der Waals surface area contributed by atoms with Crippen molar-refractivity contribution in [3.63, 3.8) is 0 Å². The lowest BCUT2D eigenvalue weighted by atomic mass is 10.0. The van der Waals surface area contributed by atoms with Crippen LogP contribution in [0.25, 0.3) is 0 Å². The molecule has 4 nitrogen and oxygen atoms in total. The third kappa shape index (κ3) is 4.58. The van der Waals surface area contributed by atoms with Gasteiger partial charge in [-0.25, -0.2) is 4.98 Å². The van der Waals surface area contributed by atoms with Gasteiger partial charge in [-0.2, -0.15) is 0 Å². The van der Waals surface area contributed by atoms with Gasteiger partial charge in [0.05, 0.1) is 0 Å². The Morgan fingerprint density at radius 1 is 1.47 bits per heavy atom. The zero-order chi connectivity index (χ0) is 10.7. The molecule has 1 aromatic rings. The van der Waals surface area contributed by atoms with Crippen LogP contribution in [0.3, 0.4) is 0 Å². The van der Waals surface area contributed by atoms with Crippen molar-refractivity contribution in [2.75, 3.05) is 18.6 Å². The van der Waals surface area contributed by atoms with Crippen LogP contribution in [0.5, 0.6) is 0 Å². The molecule has 17 heavy (non-hydrogen) atoms. The van der Waals surface area contributed by atoms with E-state index in [2.05, 4.69) is 15.3 Å². The van der Waals surface area contributed by atoms with Crippen LogP contribution in [0.4, 0.5) is 0 Å². The van der Waals surface area contributed by atoms with Gasteiger partial charge in [0.2, 0.25) is 0 Å². The molecule has 1 aromatic heterocycles. The Morgan fingerprint density at radius 2 is 2.12 bits per heavy atom. The summed E-state index contributed by atoms with van der Waals surface area (Å²) in [6, 6.07) is 0. The van der Waals surface area contributed by atoms with E-state index >= 15 is 0 Å². The fourth-order valence-electron chi connectivity index (χ4n) is 1.93. The Labute approximate surface area is 117 Å². The Hall–Kier alpha value is -0.100. The molecule has 0 atom stereocenters. The maximum atomic E-state index is 11.2. The molecule has 0 radical (unpaired) electrons. The van der Waals surface area contributed by atoms with E-state index in [0.717, 1.165) is 42.4 Å². The average Bonchev–Trinajstić information content (AvgIpc) is 2.68. The van der Waals surface area contributed by atoms with Crippen LogP contribution in [0.15, 0.2) is 6.20 Å². The predicted octanol–water partition coefficient (Wildman–Crippen LogP) is 1.60. The van der Waals surface area contributed by atoms with Crippen LogP contribution < -0.4 is 5.32 Å². The summed E-state index contributed by atoms with van der Waals surface area (Å²) < 4.78 is 11.2. The molecule has 100 valence electrons. The molecule has 2 N–H and O–H groups in total. The van der Waals surface area contributed by atoms with E-state index in [-0.39, 0.29) is 24.8 Å². The highest BCUT2D eigenvalue weighted by molar-refractivity contribution is 7.85. The van der Waals surface area contributed by atoms with Gasteiger partial charge in [0.1, 0.15) is 5.82 Å². The molecule has 1 aliphatic rings. The SMILES string of the molecule is CNCc1cnc(C2CCS(=O)CC2)[nH]1.Cl.Cl. The van der Waals surface area contributed by atoms with E-state index < -0.39 is 10.8 Å². The maximum absolute atomic E-state index is 11.2. The third-order valence-corrected chi connectivity index (χ3v) is 4.17. The lowest BCUT2D eigenvalue weighted by Crippen LogP contribution is -2.18. The second kappa shape index (κ2) is 8.08. The summed E-state index contributed by atoms with van der Waals surface area (Å²) in [5, 5.41) is 3.09. The summed E-state index contributed by atoms with van der Waals surface area (Å²) in [6.07, 6.45) is 3.88. The van der Waals surface area contributed by atoms with Gasteiger partial charge >= 0.3 is 0 Å². The molecule has 0 unspecified atom stereocenters. The molecule has 1 saturated heterocycles. The summed E-state index contributed by atoms with van der Waals surface area (Å²) in [7, 11) is 1.34. The third-order valence-electron chi connectivity index (χ3n) is 2.79. The number of aromatic nitrogens is 2. The first-order valence-electron chi connectivity index (χ1n) is 5.33. The van der Waals surface area contributed by atoms with Gasteiger partial charge in [-0.05, 0) is 19.9 Å². The van der Waals surface area contributed by atoms with E-state index in [1.54, 1.807) is 0 Å². The molecule has 0 bridgehead atoms. The number of rotatable bonds is 3. The van der Waals surface area contributed by atoms with E-state index in [1.807, 2.05) is 13.2 Å². The van der Waals surface area contributed by atoms with Gasteiger partial charge < -0.3 is 10.3 Å². The molecule has 0 aromatic carbocycles. The Morgan fingerprint density at radius 3 is 2.71 bits per heavy atom. The number of nitrogens with zero attached hydrogens (tertiary/aromatic N) is 1. The number of aromatic amines is 1. The fraction of sp³-hybridized carbons (Fsp3) is 0.700. The van der Waals surface area contributed by atoms with Crippen molar-refractivity contribution >= 4 is 35.6 Å². The Balaban J connectivity index is 0.00000128. The molecule has 1 aliphatic heterocycles. The minimum Gasteiger partial charge on any atom is -0.345 e. The molecular weight excluding hydrogens is 281 g/mol. The van der Waals surface area contributed by atoms with Crippen molar-refractivity contribution in [1.29, 1.82) is 0 Å². The second-order valence-corrected chi connectivity index (χ2v) is 5.64. The highest BCUT2D eigenvalue weighted by Crippen LogP contribution is 2.25. The van der Waals surface area contributed by atoms with Crippen LogP contribution in [0.1, 0.15) is 30.3 Å². The van der Waals surface area contributed by atoms with E-state index in [0.29, 0.717) is 5.92 Å². The van der Waals surface area contributed by atoms with Gasteiger partial charge in [-0.1, -0.05) is 0 Å². The number of nitrogens with one attached hydrogen (secondary N) is 2. The van der Waals surface area contributed by atoms with Crippen molar-refractivity contribution in [2.45, 2.75) is 25.3 Å². The van der Waals surface area contributed by atoms with Crippen LogP contribution in [0, 0.1) is 0 Å². The quantitative estimate of drug-likeness (QED) is 0.891. The zero-order valence-electron chi connectivity index (χ0n) is 9.77. The minimum atomic E-state index is -0.585. The summed E-state index contributed by atoms with van der Waals surface area (Å²) in [4.78, 5) is 7.72. The lowest BCUT2D eigenvalue weighted by Gasteiger charge is -2.18. The summed E-state index contributed by atoms with van der Waals surface area (Å²) in [5.41, 5.74) is 1.12. The number of halogens is 2. The van der Waals surface area contributed by atoms with Crippen LogP contribution in [-0.2, 0) is 17.3 Å². The summed E-state index contributed by atoms with van der Waals surface area (Å²) in [5.74, 6) is 3.20. The molecule has 2 rings (SSSR count). The van der Waals surface area contributed by atoms with E-state index in [1.165, 1.54) is 0 Å². The summed E-state index contributed by atoms with van der Waals surface area (Å²) in [6.45, 7) is 0.825. The highest BCUT2D eigenvalue weighted by Gasteiger charge is 2.21. The molecule has 0 spiro atoms. The number of hydrogen-bond donors (Lipinski definition) is 2. The molecule has 0 amide bonds. The van der Waals surface area contributed by atoms with Crippen molar-refractivity contribution < 1.29 is 4.21 Å². The highest BCUT2D eigenvalue weighted by atomic mass is 35.5. The monoisotopic (exact) mass is 299 g/mol. The first kappa shape index (κ1) is 16.9.